The van der Waals surface area contributed by atoms with E-state index in [-0.39, 0.29) is 11.3 Å². The lowest BCUT2D eigenvalue weighted by Crippen LogP contribution is -2.31. The van der Waals surface area contributed by atoms with Crippen molar-refractivity contribution in [2.45, 2.75) is 46.0 Å². The average Bonchev–Trinajstić information content (AvgIpc) is 2.52. The molecule has 0 aliphatic heterocycles. The molecule has 1 fully saturated rings. The highest BCUT2D eigenvalue weighted by molar-refractivity contribution is 5.88. The van der Waals surface area contributed by atoms with E-state index >= 15 is 0 Å². The van der Waals surface area contributed by atoms with Crippen molar-refractivity contribution < 1.29 is 9.90 Å². The number of carbonyl (C=O) groups is 1. The molecule has 100 valence electrons. The first-order valence-electron chi connectivity index (χ1n) is 6.81. The Morgan fingerprint density at radius 1 is 1.35 bits per heavy atom. The van der Waals surface area contributed by atoms with E-state index in [0.29, 0.717) is 12.4 Å². The molecule has 1 rings (SSSR count). The number of ketones is 1. The van der Waals surface area contributed by atoms with Gasteiger partial charge >= 0.3 is 0 Å². The van der Waals surface area contributed by atoms with Crippen molar-refractivity contribution in [1.29, 1.82) is 0 Å². The summed E-state index contributed by atoms with van der Waals surface area (Å²) in [5, 5.41) is 8.70. The van der Waals surface area contributed by atoms with Crippen LogP contribution < -0.4 is 0 Å². The second-order valence-electron chi connectivity index (χ2n) is 6.03. The third-order valence-corrected chi connectivity index (χ3v) is 3.89. The zero-order valence-electron chi connectivity index (χ0n) is 11.5. The lowest BCUT2D eigenvalue weighted by atomic mass is 9.89. The Labute approximate surface area is 105 Å². The van der Waals surface area contributed by atoms with E-state index in [4.69, 9.17) is 5.11 Å². The number of hydrogen-bond donors (Lipinski definition) is 1. The van der Waals surface area contributed by atoms with Gasteiger partial charge in [0.25, 0.3) is 0 Å². The largest absolute Gasteiger partial charge is 0.396 e. The Morgan fingerprint density at radius 3 is 2.59 bits per heavy atom. The maximum Gasteiger partial charge on any atom is 0.142 e. The molecule has 0 spiro atoms. The first-order chi connectivity index (χ1) is 7.97. The maximum atomic E-state index is 12.1. The van der Waals surface area contributed by atoms with Crippen LogP contribution in [0.15, 0.2) is 0 Å². The molecular formula is C14H27NO2. The normalized spacial score (nSPS) is 23.6. The fourth-order valence-corrected chi connectivity index (χ4v) is 2.65. The molecule has 0 aromatic rings. The van der Waals surface area contributed by atoms with Crippen molar-refractivity contribution >= 4 is 5.78 Å². The molecule has 0 saturated heterocycles. The summed E-state index contributed by atoms with van der Waals surface area (Å²) in [6, 6.07) is 0. The van der Waals surface area contributed by atoms with Crippen LogP contribution >= 0.6 is 0 Å². The van der Waals surface area contributed by atoms with Gasteiger partial charge in [-0.2, -0.15) is 0 Å². The SMILES string of the molecule is CN(CCCCCO)CC1CCC(C)(C)C1=O. The van der Waals surface area contributed by atoms with Crippen molar-refractivity contribution in [2.75, 3.05) is 26.7 Å². The summed E-state index contributed by atoms with van der Waals surface area (Å²) in [4.78, 5) is 14.3. The molecule has 0 radical (unpaired) electrons. The summed E-state index contributed by atoms with van der Waals surface area (Å²) in [7, 11) is 2.09. The predicted molar refractivity (Wildman–Crippen MR) is 69.9 cm³/mol. The first-order valence-corrected chi connectivity index (χ1v) is 6.81. The van der Waals surface area contributed by atoms with E-state index in [1.165, 1.54) is 0 Å². The van der Waals surface area contributed by atoms with Crippen LogP contribution in [0.4, 0.5) is 0 Å². The topological polar surface area (TPSA) is 40.5 Å². The van der Waals surface area contributed by atoms with E-state index in [1.807, 2.05) is 0 Å². The fraction of sp³-hybridized carbons (Fsp3) is 0.929. The molecule has 0 aromatic heterocycles. The van der Waals surface area contributed by atoms with Gasteiger partial charge in [-0.3, -0.25) is 4.79 Å². The Morgan fingerprint density at radius 2 is 2.06 bits per heavy atom. The van der Waals surface area contributed by atoms with Crippen molar-refractivity contribution in [3.8, 4) is 0 Å². The maximum absolute atomic E-state index is 12.1. The van der Waals surface area contributed by atoms with E-state index in [0.717, 1.165) is 45.2 Å². The van der Waals surface area contributed by atoms with Crippen LogP contribution in [0.5, 0.6) is 0 Å². The van der Waals surface area contributed by atoms with Crippen LogP contribution in [0, 0.1) is 11.3 Å². The molecule has 0 amide bonds. The summed E-state index contributed by atoms with van der Waals surface area (Å²) in [5.41, 5.74) is -0.0948. The Bertz CT molecular complexity index is 251. The Hall–Kier alpha value is -0.410. The number of unbranched alkanes of at least 4 members (excludes halogenated alkanes) is 2. The monoisotopic (exact) mass is 241 g/mol. The summed E-state index contributed by atoms with van der Waals surface area (Å²) < 4.78 is 0. The number of aliphatic hydroxyl groups excluding tert-OH is 1. The van der Waals surface area contributed by atoms with Crippen LogP contribution in [0.2, 0.25) is 0 Å². The van der Waals surface area contributed by atoms with Gasteiger partial charge in [0.15, 0.2) is 0 Å². The van der Waals surface area contributed by atoms with E-state index < -0.39 is 0 Å². The van der Waals surface area contributed by atoms with Gasteiger partial charge in [0, 0.05) is 24.5 Å². The average molecular weight is 241 g/mol. The molecule has 1 N–H and O–H groups in total. The minimum absolute atomic E-state index is 0.0948. The van der Waals surface area contributed by atoms with Gasteiger partial charge < -0.3 is 10.0 Å². The van der Waals surface area contributed by atoms with Gasteiger partial charge in [0.2, 0.25) is 0 Å². The summed E-state index contributed by atoms with van der Waals surface area (Å²) in [5.74, 6) is 0.688. The van der Waals surface area contributed by atoms with Gasteiger partial charge in [0.05, 0.1) is 0 Å². The molecule has 1 aliphatic carbocycles. The summed E-state index contributed by atoms with van der Waals surface area (Å²) in [6.45, 7) is 6.36. The Balaban J connectivity index is 2.23. The van der Waals surface area contributed by atoms with Gasteiger partial charge in [-0.1, -0.05) is 13.8 Å². The third-order valence-electron chi connectivity index (χ3n) is 3.89. The minimum atomic E-state index is -0.0948. The number of nitrogens with zero attached hydrogens (tertiary/aromatic N) is 1. The van der Waals surface area contributed by atoms with Gasteiger partial charge in [0.1, 0.15) is 5.78 Å². The second kappa shape index (κ2) is 6.50. The number of aliphatic hydroxyl groups is 1. The van der Waals surface area contributed by atoms with Crippen molar-refractivity contribution in [1.82, 2.24) is 4.90 Å². The lowest BCUT2D eigenvalue weighted by molar-refractivity contribution is -0.127. The molecule has 17 heavy (non-hydrogen) atoms. The Kier molecular flexibility index (Phi) is 5.60. The van der Waals surface area contributed by atoms with Gasteiger partial charge in [-0.05, 0) is 45.7 Å². The molecule has 3 nitrogen and oxygen atoms in total. The number of rotatable bonds is 7. The fourth-order valence-electron chi connectivity index (χ4n) is 2.65. The zero-order valence-corrected chi connectivity index (χ0v) is 11.5. The van der Waals surface area contributed by atoms with Crippen LogP contribution in [-0.4, -0.2) is 42.5 Å². The van der Waals surface area contributed by atoms with E-state index in [9.17, 15) is 4.79 Å². The minimum Gasteiger partial charge on any atom is -0.396 e. The molecule has 1 unspecified atom stereocenters. The molecule has 3 heteroatoms. The number of carbonyl (C=O) groups excluding carboxylic acids is 1. The molecular weight excluding hydrogens is 214 g/mol. The van der Waals surface area contributed by atoms with Crippen molar-refractivity contribution in [3.63, 3.8) is 0 Å². The third kappa shape index (κ3) is 4.40. The van der Waals surface area contributed by atoms with Crippen LogP contribution in [0.1, 0.15) is 46.0 Å². The van der Waals surface area contributed by atoms with E-state index in [1.54, 1.807) is 0 Å². The molecule has 1 aliphatic rings. The molecule has 0 heterocycles. The quantitative estimate of drug-likeness (QED) is 0.694. The number of Topliss-reactive ketones (excluding diaryl/α,β-unsaturated/α-hetero) is 1. The van der Waals surface area contributed by atoms with Crippen LogP contribution in [0.25, 0.3) is 0 Å². The van der Waals surface area contributed by atoms with Crippen LogP contribution in [-0.2, 0) is 4.79 Å². The van der Waals surface area contributed by atoms with Crippen molar-refractivity contribution in [2.24, 2.45) is 11.3 Å². The van der Waals surface area contributed by atoms with Crippen molar-refractivity contribution in [3.05, 3.63) is 0 Å². The molecule has 1 saturated carbocycles. The second-order valence-corrected chi connectivity index (χ2v) is 6.03. The van der Waals surface area contributed by atoms with Crippen LogP contribution in [0.3, 0.4) is 0 Å². The van der Waals surface area contributed by atoms with Gasteiger partial charge in [-0.15, -0.1) is 0 Å². The highest BCUT2D eigenvalue weighted by Gasteiger charge is 2.40. The van der Waals surface area contributed by atoms with E-state index in [2.05, 4.69) is 25.8 Å². The number of hydrogen-bond acceptors (Lipinski definition) is 3. The predicted octanol–water partition coefficient (Wildman–Crippen LogP) is 2.09. The molecule has 0 bridgehead atoms. The molecule has 1 atom stereocenters. The highest BCUT2D eigenvalue weighted by Crippen LogP contribution is 2.37. The highest BCUT2D eigenvalue weighted by atomic mass is 16.2. The zero-order chi connectivity index (χ0) is 12.9. The lowest BCUT2D eigenvalue weighted by Gasteiger charge is -2.21. The standard InChI is InChI=1S/C14H27NO2/c1-14(2)8-7-12(13(14)17)11-15(3)9-5-4-6-10-16/h12,16H,4-11H2,1-3H3. The van der Waals surface area contributed by atoms with Gasteiger partial charge in [-0.25, -0.2) is 0 Å². The smallest absolute Gasteiger partial charge is 0.142 e. The first kappa shape index (κ1) is 14.7. The summed E-state index contributed by atoms with van der Waals surface area (Å²) >= 11 is 0. The molecule has 0 aromatic carbocycles. The summed E-state index contributed by atoms with van der Waals surface area (Å²) in [6.07, 6.45) is 5.16.